The lowest BCUT2D eigenvalue weighted by Gasteiger charge is -2.26. The molecule has 3 heterocycles. The number of hydrogen-bond acceptors (Lipinski definition) is 4. The number of nitrogens with zero attached hydrogens (tertiary/aromatic N) is 2. The Morgan fingerprint density at radius 3 is 3.04 bits per heavy atom. The number of carbonyl (C=O) groups is 1. The first-order chi connectivity index (χ1) is 11.8. The minimum Gasteiger partial charge on any atom is -0.486 e. The molecule has 6 heteroatoms. The third-order valence-electron chi connectivity index (χ3n) is 3.97. The van der Waals surface area contributed by atoms with Gasteiger partial charge in [0.05, 0.1) is 5.56 Å². The molecule has 1 aromatic carbocycles. The summed E-state index contributed by atoms with van der Waals surface area (Å²) in [6, 6.07) is 11.2. The zero-order chi connectivity index (χ0) is 16.4. The Morgan fingerprint density at radius 1 is 1.25 bits per heavy atom. The molecule has 4 rings (SSSR count). The van der Waals surface area contributed by atoms with Gasteiger partial charge in [-0.05, 0) is 24.3 Å². The van der Waals surface area contributed by atoms with Gasteiger partial charge in [0.25, 0.3) is 5.91 Å². The van der Waals surface area contributed by atoms with E-state index in [2.05, 4.69) is 10.3 Å². The minimum absolute atomic E-state index is 0.0590. The van der Waals surface area contributed by atoms with Crippen molar-refractivity contribution in [2.24, 2.45) is 0 Å². The summed E-state index contributed by atoms with van der Waals surface area (Å²) in [5.41, 5.74) is 1.42. The van der Waals surface area contributed by atoms with E-state index in [1.165, 1.54) is 0 Å². The van der Waals surface area contributed by atoms with E-state index in [1.807, 2.05) is 40.9 Å². The highest BCUT2D eigenvalue weighted by molar-refractivity contribution is 5.94. The highest BCUT2D eigenvalue weighted by Crippen LogP contribution is 2.31. The average molecular weight is 323 g/mol. The summed E-state index contributed by atoms with van der Waals surface area (Å²) in [6.07, 6.45) is 5.92. The first-order valence-corrected chi connectivity index (χ1v) is 7.89. The lowest BCUT2D eigenvalue weighted by molar-refractivity contribution is 0.0812. The largest absolute Gasteiger partial charge is 0.486 e. The zero-order valence-electron chi connectivity index (χ0n) is 13.0. The molecular weight excluding hydrogens is 306 g/mol. The van der Waals surface area contributed by atoms with Gasteiger partial charge >= 0.3 is 0 Å². The maximum atomic E-state index is 12.2. The maximum absolute atomic E-state index is 12.2. The number of nitrogens with one attached hydrogen (secondary N) is 1. The van der Waals surface area contributed by atoms with E-state index in [9.17, 15) is 4.79 Å². The molecule has 3 aromatic rings. The molecular formula is C18H17N3O3. The third kappa shape index (κ3) is 2.90. The first kappa shape index (κ1) is 14.6. The zero-order valence-corrected chi connectivity index (χ0v) is 13.0. The Bertz CT molecular complexity index is 875. The van der Waals surface area contributed by atoms with E-state index < -0.39 is 0 Å². The van der Waals surface area contributed by atoms with Crippen LogP contribution in [0.4, 0.5) is 0 Å². The molecule has 6 nitrogen and oxygen atoms in total. The summed E-state index contributed by atoms with van der Waals surface area (Å²) in [5.74, 6) is 1.42. The molecule has 1 aliphatic heterocycles. The molecule has 2 aromatic heterocycles. The van der Waals surface area contributed by atoms with Crippen molar-refractivity contribution in [3.05, 3.63) is 60.6 Å². The summed E-state index contributed by atoms with van der Waals surface area (Å²) in [7, 11) is 0. The first-order valence-electron chi connectivity index (χ1n) is 7.89. The molecule has 1 atom stereocenters. The number of rotatable bonds is 4. The molecule has 1 unspecified atom stereocenters. The quantitative estimate of drug-likeness (QED) is 0.800. The average Bonchev–Trinajstić information content (AvgIpc) is 3.09. The second kappa shape index (κ2) is 6.23. The SMILES string of the molecule is O=C(NCCC1COc2ccccc2O1)c1ccc2nccn2c1. The van der Waals surface area contributed by atoms with Crippen LogP contribution in [0.5, 0.6) is 11.5 Å². The van der Waals surface area contributed by atoms with E-state index in [4.69, 9.17) is 9.47 Å². The van der Waals surface area contributed by atoms with E-state index >= 15 is 0 Å². The molecule has 0 spiro atoms. The fourth-order valence-electron chi connectivity index (χ4n) is 2.71. The van der Waals surface area contributed by atoms with Gasteiger partial charge in [0.2, 0.25) is 0 Å². The molecule has 0 saturated carbocycles. The van der Waals surface area contributed by atoms with Crippen LogP contribution in [0.2, 0.25) is 0 Å². The second-order valence-corrected chi connectivity index (χ2v) is 5.65. The van der Waals surface area contributed by atoms with Crippen molar-refractivity contribution in [2.45, 2.75) is 12.5 Å². The van der Waals surface area contributed by atoms with Crippen molar-refractivity contribution in [3.8, 4) is 11.5 Å². The van der Waals surface area contributed by atoms with Crippen molar-refractivity contribution in [3.63, 3.8) is 0 Å². The van der Waals surface area contributed by atoms with Gasteiger partial charge in [-0.1, -0.05) is 12.1 Å². The van der Waals surface area contributed by atoms with Gasteiger partial charge in [-0.3, -0.25) is 4.79 Å². The molecule has 1 N–H and O–H groups in total. The highest BCUT2D eigenvalue weighted by atomic mass is 16.6. The van der Waals surface area contributed by atoms with Gasteiger partial charge in [0.1, 0.15) is 18.4 Å². The number of benzene rings is 1. The van der Waals surface area contributed by atoms with Gasteiger partial charge in [-0.2, -0.15) is 0 Å². The monoisotopic (exact) mass is 323 g/mol. The molecule has 1 amide bonds. The van der Waals surface area contributed by atoms with Crippen molar-refractivity contribution in [2.75, 3.05) is 13.2 Å². The topological polar surface area (TPSA) is 64.9 Å². The van der Waals surface area contributed by atoms with Gasteiger partial charge < -0.3 is 19.2 Å². The van der Waals surface area contributed by atoms with Crippen LogP contribution in [-0.4, -0.2) is 34.5 Å². The number of para-hydroxylation sites is 2. The molecule has 1 aliphatic rings. The van der Waals surface area contributed by atoms with E-state index in [0.717, 1.165) is 17.1 Å². The summed E-state index contributed by atoms with van der Waals surface area (Å²) in [6.45, 7) is 1.02. The maximum Gasteiger partial charge on any atom is 0.252 e. The van der Waals surface area contributed by atoms with E-state index in [0.29, 0.717) is 25.1 Å². The van der Waals surface area contributed by atoms with E-state index in [-0.39, 0.29) is 12.0 Å². The van der Waals surface area contributed by atoms with Crippen LogP contribution in [0.1, 0.15) is 16.8 Å². The number of pyridine rings is 1. The third-order valence-corrected chi connectivity index (χ3v) is 3.97. The smallest absolute Gasteiger partial charge is 0.252 e. The fraction of sp³-hybridized carbons (Fsp3) is 0.222. The van der Waals surface area contributed by atoms with Gasteiger partial charge in [0.15, 0.2) is 11.5 Å². The van der Waals surface area contributed by atoms with Crippen LogP contribution in [-0.2, 0) is 0 Å². The van der Waals surface area contributed by atoms with Crippen molar-refractivity contribution in [1.29, 1.82) is 0 Å². The van der Waals surface area contributed by atoms with Crippen LogP contribution in [0.25, 0.3) is 5.65 Å². The standard InChI is InChI=1S/C18H17N3O3/c22-18(13-5-6-17-19-9-10-21(17)11-13)20-8-7-14-12-23-15-3-1-2-4-16(15)24-14/h1-6,9-11,14H,7-8,12H2,(H,20,22). The number of amides is 1. The van der Waals surface area contributed by atoms with Gasteiger partial charge in [-0.15, -0.1) is 0 Å². The molecule has 0 fully saturated rings. The molecule has 0 saturated heterocycles. The summed E-state index contributed by atoms with van der Waals surface area (Å²) in [5, 5.41) is 2.92. The Balaban J connectivity index is 1.32. The minimum atomic E-state index is -0.109. The Hall–Kier alpha value is -3.02. The van der Waals surface area contributed by atoms with Crippen LogP contribution >= 0.6 is 0 Å². The summed E-state index contributed by atoms with van der Waals surface area (Å²) in [4.78, 5) is 16.4. The van der Waals surface area contributed by atoms with Crippen molar-refractivity contribution in [1.82, 2.24) is 14.7 Å². The molecule has 122 valence electrons. The van der Waals surface area contributed by atoms with Gasteiger partial charge in [0, 0.05) is 31.6 Å². The lowest BCUT2D eigenvalue weighted by Crippen LogP contribution is -2.34. The lowest BCUT2D eigenvalue weighted by atomic mass is 10.2. The highest BCUT2D eigenvalue weighted by Gasteiger charge is 2.20. The predicted molar refractivity (Wildman–Crippen MR) is 88.5 cm³/mol. The summed E-state index contributed by atoms with van der Waals surface area (Å²) >= 11 is 0. The number of fused-ring (bicyclic) bond motifs is 2. The summed E-state index contributed by atoms with van der Waals surface area (Å²) < 4.78 is 13.4. The van der Waals surface area contributed by atoms with Crippen LogP contribution < -0.4 is 14.8 Å². The Kier molecular flexibility index (Phi) is 3.78. The predicted octanol–water partition coefficient (Wildman–Crippen LogP) is 2.29. The van der Waals surface area contributed by atoms with Crippen LogP contribution in [0.3, 0.4) is 0 Å². The Labute approximate surface area is 139 Å². The van der Waals surface area contributed by atoms with Crippen LogP contribution in [0.15, 0.2) is 55.0 Å². The number of aromatic nitrogens is 2. The molecule has 0 radical (unpaired) electrons. The normalized spacial score (nSPS) is 16.1. The number of hydrogen-bond donors (Lipinski definition) is 1. The van der Waals surface area contributed by atoms with E-state index in [1.54, 1.807) is 18.5 Å². The number of carbonyl (C=O) groups excluding carboxylic acids is 1. The number of ether oxygens (including phenoxy) is 2. The van der Waals surface area contributed by atoms with Gasteiger partial charge in [-0.25, -0.2) is 4.98 Å². The van der Waals surface area contributed by atoms with Crippen LogP contribution in [0, 0.1) is 0 Å². The van der Waals surface area contributed by atoms with Crippen molar-refractivity contribution >= 4 is 11.6 Å². The molecule has 0 bridgehead atoms. The van der Waals surface area contributed by atoms with Crippen molar-refractivity contribution < 1.29 is 14.3 Å². The second-order valence-electron chi connectivity index (χ2n) is 5.65. The Morgan fingerprint density at radius 2 is 2.12 bits per heavy atom. The molecule has 24 heavy (non-hydrogen) atoms. The fourth-order valence-corrected chi connectivity index (χ4v) is 2.71. The number of imidazole rings is 1. The molecule has 0 aliphatic carbocycles.